The zero-order valence-electron chi connectivity index (χ0n) is 16.2. The SMILES string of the molecule is CC(C)OC(=O)C(O)(CCC1CCCCC1)NC(=O)[C@@H](N)Cc1cnc[nH]1. The molecule has 1 fully saturated rings. The van der Waals surface area contributed by atoms with Gasteiger partial charge < -0.3 is 25.9 Å². The Morgan fingerprint density at radius 3 is 2.70 bits per heavy atom. The van der Waals surface area contributed by atoms with E-state index in [1.165, 1.54) is 25.6 Å². The van der Waals surface area contributed by atoms with Gasteiger partial charge in [-0.15, -0.1) is 0 Å². The fourth-order valence-electron chi connectivity index (χ4n) is 3.44. The Hall–Kier alpha value is -1.93. The highest BCUT2D eigenvalue weighted by Crippen LogP contribution is 2.29. The van der Waals surface area contributed by atoms with E-state index in [0.717, 1.165) is 12.8 Å². The second-order valence-electron chi connectivity index (χ2n) is 7.73. The number of carbonyl (C=O) groups excluding carboxylic acids is 2. The average molecular weight is 380 g/mol. The van der Waals surface area contributed by atoms with E-state index in [-0.39, 0.29) is 12.8 Å². The van der Waals surface area contributed by atoms with Gasteiger partial charge in [-0.05, 0) is 26.2 Å². The number of hydrogen-bond acceptors (Lipinski definition) is 6. The largest absolute Gasteiger partial charge is 0.459 e. The minimum atomic E-state index is -2.07. The van der Waals surface area contributed by atoms with Gasteiger partial charge in [0.15, 0.2) is 0 Å². The Labute approximate surface area is 160 Å². The Bertz CT molecular complexity index is 599. The van der Waals surface area contributed by atoms with Gasteiger partial charge in [0, 0.05) is 24.7 Å². The van der Waals surface area contributed by atoms with Crippen molar-refractivity contribution in [1.82, 2.24) is 15.3 Å². The van der Waals surface area contributed by atoms with Gasteiger partial charge in [-0.25, -0.2) is 9.78 Å². The van der Waals surface area contributed by atoms with Gasteiger partial charge in [-0.2, -0.15) is 0 Å². The topological polar surface area (TPSA) is 130 Å². The standard InChI is InChI=1S/C19H32N4O4/c1-13(2)27-18(25)19(26,9-8-14-6-4-3-5-7-14)23-17(24)16(20)10-15-11-21-12-22-15/h11-14,16,26H,3-10,20H2,1-2H3,(H,21,22)(H,23,24)/t16-,19?/m0/s1. The summed E-state index contributed by atoms with van der Waals surface area (Å²) >= 11 is 0. The molecule has 1 aromatic heterocycles. The van der Waals surface area contributed by atoms with E-state index >= 15 is 0 Å². The van der Waals surface area contributed by atoms with Crippen LogP contribution in [0, 0.1) is 5.92 Å². The lowest BCUT2D eigenvalue weighted by atomic mass is 9.84. The molecule has 0 radical (unpaired) electrons. The molecule has 1 aliphatic carbocycles. The van der Waals surface area contributed by atoms with E-state index in [2.05, 4.69) is 15.3 Å². The van der Waals surface area contributed by atoms with Crippen molar-refractivity contribution in [2.24, 2.45) is 11.7 Å². The highest BCUT2D eigenvalue weighted by Gasteiger charge is 2.41. The number of nitrogens with one attached hydrogen (secondary N) is 2. The fraction of sp³-hybridized carbons (Fsp3) is 0.737. The minimum Gasteiger partial charge on any atom is -0.459 e. The highest BCUT2D eigenvalue weighted by molar-refractivity contribution is 5.89. The second kappa shape index (κ2) is 9.85. The molecule has 152 valence electrons. The molecule has 1 amide bonds. The first-order valence-electron chi connectivity index (χ1n) is 9.78. The van der Waals surface area contributed by atoms with Crippen molar-refractivity contribution in [2.75, 3.05) is 0 Å². The molecule has 2 atom stereocenters. The molecular formula is C19H32N4O4. The van der Waals surface area contributed by atoms with Crippen molar-refractivity contribution < 1.29 is 19.4 Å². The van der Waals surface area contributed by atoms with Crippen LogP contribution in [0.5, 0.6) is 0 Å². The summed E-state index contributed by atoms with van der Waals surface area (Å²) in [7, 11) is 0. The first-order valence-corrected chi connectivity index (χ1v) is 9.78. The third-order valence-corrected chi connectivity index (χ3v) is 4.98. The van der Waals surface area contributed by atoms with Gasteiger partial charge in [-0.1, -0.05) is 32.1 Å². The van der Waals surface area contributed by atoms with Crippen LogP contribution < -0.4 is 11.1 Å². The quantitative estimate of drug-likeness (QED) is 0.378. The number of aliphatic hydroxyl groups is 1. The molecule has 1 aromatic rings. The maximum atomic E-state index is 12.5. The number of rotatable bonds is 9. The second-order valence-corrected chi connectivity index (χ2v) is 7.73. The van der Waals surface area contributed by atoms with Crippen LogP contribution in [0.15, 0.2) is 12.5 Å². The van der Waals surface area contributed by atoms with Crippen molar-refractivity contribution in [3.63, 3.8) is 0 Å². The van der Waals surface area contributed by atoms with Crippen molar-refractivity contribution >= 4 is 11.9 Å². The molecule has 1 saturated carbocycles. The first-order chi connectivity index (χ1) is 12.8. The number of hydrogen-bond donors (Lipinski definition) is 4. The summed E-state index contributed by atoms with van der Waals surface area (Å²) in [5, 5.41) is 13.4. The summed E-state index contributed by atoms with van der Waals surface area (Å²) in [5.74, 6) is -0.987. The van der Waals surface area contributed by atoms with Gasteiger partial charge in [-0.3, -0.25) is 4.79 Å². The lowest BCUT2D eigenvalue weighted by Crippen LogP contribution is -2.59. The third-order valence-electron chi connectivity index (χ3n) is 4.98. The molecule has 2 rings (SSSR count). The van der Waals surface area contributed by atoms with E-state index in [0.29, 0.717) is 18.0 Å². The molecule has 8 heteroatoms. The monoisotopic (exact) mass is 380 g/mol. The zero-order chi connectivity index (χ0) is 19.9. The van der Waals surface area contributed by atoms with Crippen LogP contribution in [0.25, 0.3) is 0 Å². The molecule has 5 N–H and O–H groups in total. The number of aromatic amines is 1. The Balaban J connectivity index is 2.00. The van der Waals surface area contributed by atoms with E-state index in [9.17, 15) is 14.7 Å². The van der Waals surface area contributed by atoms with Crippen LogP contribution in [0.4, 0.5) is 0 Å². The van der Waals surface area contributed by atoms with Crippen LogP contribution in [-0.4, -0.2) is 44.8 Å². The van der Waals surface area contributed by atoms with E-state index in [1.807, 2.05) is 0 Å². The average Bonchev–Trinajstić information content (AvgIpc) is 3.13. The van der Waals surface area contributed by atoms with Crippen LogP contribution >= 0.6 is 0 Å². The molecule has 0 spiro atoms. The van der Waals surface area contributed by atoms with Crippen LogP contribution in [-0.2, 0) is 20.7 Å². The van der Waals surface area contributed by atoms with Crippen molar-refractivity contribution in [1.29, 1.82) is 0 Å². The summed E-state index contributed by atoms with van der Waals surface area (Å²) in [5.41, 5.74) is 4.57. The van der Waals surface area contributed by atoms with Crippen LogP contribution in [0.1, 0.15) is 64.5 Å². The predicted molar refractivity (Wildman–Crippen MR) is 100 cm³/mol. The van der Waals surface area contributed by atoms with Crippen LogP contribution in [0.2, 0.25) is 0 Å². The number of carbonyl (C=O) groups is 2. The smallest absolute Gasteiger partial charge is 0.359 e. The molecule has 1 heterocycles. The van der Waals surface area contributed by atoms with Gasteiger partial charge in [0.1, 0.15) is 0 Å². The molecular weight excluding hydrogens is 348 g/mol. The third kappa shape index (κ3) is 6.62. The minimum absolute atomic E-state index is 0.117. The number of ether oxygens (including phenoxy) is 1. The highest BCUT2D eigenvalue weighted by atomic mass is 16.6. The number of esters is 1. The van der Waals surface area contributed by atoms with Crippen molar-refractivity contribution in [3.8, 4) is 0 Å². The number of imidazole rings is 1. The van der Waals surface area contributed by atoms with Gasteiger partial charge in [0.2, 0.25) is 11.6 Å². The predicted octanol–water partition coefficient (Wildman–Crippen LogP) is 1.40. The van der Waals surface area contributed by atoms with E-state index in [1.54, 1.807) is 20.0 Å². The summed E-state index contributed by atoms with van der Waals surface area (Å²) in [6.07, 6.45) is 9.42. The normalized spacial score (nSPS) is 18.7. The summed E-state index contributed by atoms with van der Waals surface area (Å²) < 4.78 is 5.18. The van der Waals surface area contributed by atoms with E-state index < -0.39 is 29.7 Å². The molecule has 0 aliphatic heterocycles. The maximum Gasteiger partial charge on any atom is 0.359 e. The number of H-pyrrole nitrogens is 1. The molecule has 1 aliphatic rings. The zero-order valence-corrected chi connectivity index (χ0v) is 16.2. The first kappa shape index (κ1) is 21.4. The molecule has 0 saturated heterocycles. The number of nitrogens with zero attached hydrogens (tertiary/aromatic N) is 1. The molecule has 27 heavy (non-hydrogen) atoms. The Morgan fingerprint density at radius 2 is 2.11 bits per heavy atom. The lowest BCUT2D eigenvalue weighted by molar-refractivity contribution is -0.177. The van der Waals surface area contributed by atoms with Gasteiger partial charge in [0.25, 0.3) is 0 Å². The molecule has 1 unspecified atom stereocenters. The van der Waals surface area contributed by atoms with Crippen LogP contribution in [0.3, 0.4) is 0 Å². The fourth-order valence-corrected chi connectivity index (χ4v) is 3.44. The number of aromatic nitrogens is 2. The van der Waals surface area contributed by atoms with Crippen molar-refractivity contribution in [3.05, 3.63) is 18.2 Å². The van der Waals surface area contributed by atoms with Gasteiger partial charge >= 0.3 is 5.97 Å². The van der Waals surface area contributed by atoms with Crippen molar-refractivity contribution in [2.45, 2.75) is 83.1 Å². The Kier molecular flexibility index (Phi) is 7.79. The Morgan fingerprint density at radius 1 is 1.41 bits per heavy atom. The summed E-state index contributed by atoms with van der Waals surface area (Å²) in [4.78, 5) is 31.7. The molecule has 0 bridgehead atoms. The summed E-state index contributed by atoms with van der Waals surface area (Å²) in [6, 6.07) is -0.918. The van der Waals surface area contributed by atoms with Gasteiger partial charge in [0.05, 0.1) is 18.5 Å². The lowest BCUT2D eigenvalue weighted by Gasteiger charge is -2.31. The van der Waals surface area contributed by atoms with E-state index in [4.69, 9.17) is 10.5 Å². The maximum absolute atomic E-state index is 12.5. The summed E-state index contributed by atoms with van der Waals surface area (Å²) in [6.45, 7) is 3.40. The number of amides is 1. The number of nitrogens with two attached hydrogens (primary N) is 1. The molecule has 0 aromatic carbocycles. The molecule has 8 nitrogen and oxygen atoms in total.